The molecule has 5 heterocycles. The summed E-state index contributed by atoms with van der Waals surface area (Å²) in [6.07, 6.45) is 0.468. The molecule has 276 valence electrons. The van der Waals surface area contributed by atoms with Crippen LogP contribution in [0.2, 0.25) is 5.02 Å². The molecule has 0 bridgehead atoms. The molecule has 0 radical (unpaired) electrons. The fourth-order valence-electron chi connectivity index (χ4n) is 6.18. The number of ether oxygens (including phenoxy) is 2. The van der Waals surface area contributed by atoms with E-state index >= 15 is 0 Å². The number of pyridine rings is 1. The molecule has 1 aromatic carbocycles. The highest BCUT2D eigenvalue weighted by Crippen LogP contribution is 2.37. The van der Waals surface area contributed by atoms with Crippen molar-refractivity contribution >= 4 is 35.0 Å². The maximum atomic E-state index is 14.2. The molecular formula is C34H37ClF3N9O5. The van der Waals surface area contributed by atoms with Crippen LogP contribution in [0.15, 0.2) is 48.9 Å². The summed E-state index contributed by atoms with van der Waals surface area (Å²) in [5.74, 6) is -0.540. The first kappa shape index (κ1) is 36.8. The summed E-state index contributed by atoms with van der Waals surface area (Å²) >= 11 is 6.50. The number of hydrogen-bond acceptors (Lipinski definition) is 9. The average Bonchev–Trinajstić information content (AvgIpc) is 3.76. The minimum Gasteiger partial charge on any atom is -0.490 e. The molecule has 2 saturated heterocycles. The van der Waals surface area contributed by atoms with Crippen molar-refractivity contribution in [3.05, 3.63) is 71.0 Å². The number of piperidine rings is 1. The third-order valence-corrected chi connectivity index (χ3v) is 9.30. The summed E-state index contributed by atoms with van der Waals surface area (Å²) in [5, 5.41) is 9.76. The van der Waals surface area contributed by atoms with Crippen LogP contribution in [0.1, 0.15) is 39.5 Å². The molecule has 2 aliphatic heterocycles. The molecule has 0 unspecified atom stereocenters. The Kier molecular flexibility index (Phi) is 11.1. The number of methoxy groups -OCH3 is 1. The van der Waals surface area contributed by atoms with Gasteiger partial charge in [0.05, 0.1) is 40.8 Å². The first-order valence-corrected chi connectivity index (χ1v) is 17.0. The van der Waals surface area contributed by atoms with Crippen LogP contribution in [0.25, 0.3) is 17.1 Å². The lowest BCUT2D eigenvalue weighted by Gasteiger charge is -2.37. The van der Waals surface area contributed by atoms with Crippen molar-refractivity contribution in [3.63, 3.8) is 0 Å². The van der Waals surface area contributed by atoms with Gasteiger partial charge in [-0.2, -0.15) is 18.3 Å². The molecule has 0 aliphatic carbocycles. The molecule has 2 aliphatic rings. The van der Waals surface area contributed by atoms with E-state index in [0.29, 0.717) is 38.5 Å². The highest BCUT2D eigenvalue weighted by molar-refractivity contribution is 6.34. The summed E-state index contributed by atoms with van der Waals surface area (Å²) in [5.41, 5.74) is -1.04. The maximum absolute atomic E-state index is 14.2. The molecule has 6 rings (SSSR count). The largest absolute Gasteiger partial charge is 0.490 e. The molecule has 0 spiro atoms. The highest BCUT2D eigenvalue weighted by atomic mass is 35.5. The number of amides is 3. The molecule has 0 saturated carbocycles. The second-order valence-electron chi connectivity index (χ2n) is 12.3. The lowest BCUT2D eigenvalue weighted by atomic mass is 9.96. The number of alkyl halides is 3. The van der Waals surface area contributed by atoms with E-state index in [-0.39, 0.29) is 63.5 Å². The van der Waals surface area contributed by atoms with E-state index in [4.69, 9.17) is 21.1 Å². The van der Waals surface area contributed by atoms with Crippen molar-refractivity contribution < 1.29 is 37.0 Å². The number of halogens is 4. The Morgan fingerprint density at radius 3 is 2.38 bits per heavy atom. The van der Waals surface area contributed by atoms with Crippen molar-refractivity contribution in [1.82, 2.24) is 39.4 Å². The lowest BCUT2D eigenvalue weighted by Crippen LogP contribution is -2.52. The Balaban J connectivity index is 1.12. The fourth-order valence-corrected chi connectivity index (χ4v) is 6.44. The van der Waals surface area contributed by atoms with E-state index in [0.717, 1.165) is 43.0 Å². The molecule has 3 aromatic heterocycles. The molecule has 0 atom stereocenters. The number of anilines is 1. The molecule has 52 heavy (non-hydrogen) atoms. The predicted octanol–water partition coefficient (Wildman–Crippen LogP) is 3.90. The summed E-state index contributed by atoms with van der Waals surface area (Å²) in [7, 11) is 2.94. The third-order valence-electron chi connectivity index (χ3n) is 8.99. The van der Waals surface area contributed by atoms with Crippen molar-refractivity contribution in [2.75, 3.05) is 64.9 Å². The Morgan fingerprint density at radius 2 is 1.73 bits per heavy atom. The molecule has 2 fully saturated rings. The standard InChI is InChI=1S/C34H37ClF3N9O5/c1-44-27(25-20-47(43-29(25)34(36,37)38)28-6-4-23(18-40-28)52-16-15-51-2)19-41-30(44)31(48)42-22-3-5-24(26(35)17-22)33(50)46-13-11-45(12-14-46)32(49)21-7-9-39-10-8-21/h3-6,17-21,39H,7-16H2,1-2H3,(H,42,48). The summed E-state index contributed by atoms with van der Waals surface area (Å²) in [6.45, 7) is 3.89. The first-order chi connectivity index (χ1) is 24.9. The second-order valence-corrected chi connectivity index (χ2v) is 12.8. The Labute approximate surface area is 301 Å². The molecule has 3 amide bonds. The fraction of sp³-hybridized carbons (Fsp3) is 0.412. The summed E-state index contributed by atoms with van der Waals surface area (Å²) < 4.78 is 55.1. The van der Waals surface area contributed by atoms with Crippen molar-refractivity contribution in [2.45, 2.75) is 19.0 Å². The quantitative estimate of drug-likeness (QED) is 0.231. The van der Waals surface area contributed by atoms with Crippen LogP contribution in [-0.4, -0.2) is 111 Å². The normalized spacial score (nSPS) is 15.5. The Hall–Kier alpha value is -5.00. The SMILES string of the molecule is COCCOc1ccc(-n2cc(-c3cnc(C(=O)Nc4ccc(C(=O)N5CCN(C(=O)C6CCNCC6)CC5)c(Cl)c4)n3C)c(C(F)(F)F)n2)nc1. The van der Waals surface area contributed by atoms with Gasteiger partial charge in [-0.1, -0.05) is 11.6 Å². The van der Waals surface area contributed by atoms with E-state index < -0.39 is 17.8 Å². The maximum Gasteiger partial charge on any atom is 0.435 e. The van der Waals surface area contributed by atoms with Crippen LogP contribution < -0.4 is 15.4 Å². The van der Waals surface area contributed by atoms with E-state index in [1.165, 1.54) is 49.2 Å². The van der Waals surface area contributed by atoms with Gasteiger partial charge in [0.15, 0.2) is 17.3 Å². The van der Waals surface area contributed by atoms with Gasteiger partial charge in [-0.15, -0.1) is 0 Å². The van der Waals surface area contributed by atoms with Crippen LogP contribution in [0.5, 0.6) is 5.75 Å². The van der Waals surface area contributed by atoms with E-state index in [9.17, 15) is 27.6 Å². The Bertz CT molecular complexity index is 1920. The van der Waals surface area contributed by atoms with Gasteiger partial charge in [0.25, 0.3) is 11.8 Å². The van der Waals surface area contributed by atoms with Gasteiger partial charge in [-0.3, -0.25) is 14.4 Å². The zero-order valence-corrected chi connectivity index (χ0v) is 29.2. The van der Waals surface area contributed by atoms with E-state index in [1.54, 1.807) is 11.0 Å². The monoisotopic (exact) mass is 743 g/mol. The Morgan fingerprint density at radius 1 is 1.00 bits per heavy atom. The van der Waals surface area contributed by atoms with Gasteiger partial charge in [0.2, 0.25) is 5.91 Å². The van der Waals surface area contributed by atoms with Crippen LogP contribution in [0.4, 0.5) is 18.9 Å². The minimum absolute atomic E-state index is 0.00791. The number of hydrogen-bond donors (Lipinski definition) is 2. The number of nitrogens with one attached hydrogen (secondary N) is 2. The first-order valence-electron chi connectivity index (χ1n) is 16.6. The number of carbonyl (C=O) groups is 3. The van der Waals surface area contributed by atoms with Gasteiger partial charge in [-0.05, 0) is 56.3 Å². The number of aromatic nitrogens is 5. The molecule has 4 aromatic rings. The van der Waals surface area contributed by atoms with E-state index in [1.807, 2.05) is 4.90 Å². The smallest absolute Gasteiger partial charge is 0.435 e. The summed E-state index contributed by atoms with van der Waals surface area (Å²) in [6, 6.07) is 7.43. The van der Waals surface area contributed by atoms with Gasteiger partial charge < -0.3 is 34.5 Å². The lowest BCUT2D eigenvalue weighted by molar-refractivity contribution is -0.141. The topological polar surface area (TPSA) is 149 Å². The van der Waals surface area contributed by atoms with Gasteiger partial charge in [-0.25, -0.2) is 14.6 Å². The zero-order chi connectivity index (χ0) is 37.0. The average molecular weight is 744 g/mol. The molecule has 14 nitrogen and oxygen atoms in total. The van der Waals surface area contributed by atoms with Crippen molar-refractivity contribution in [2.24, 2.45) is 13.0 Å². The molecule has 2 N–H and O–H groups in total. The van der Waals surface area contributed by atoms with Gasteiger partial charge >= 0.3 is 6.18 Å². The number of imidazole rings is 1. The van der Waals surface area contributed by atoms with Gasteiger partial charge in [0.1, 0.15) is 12.4 Å². The molecular weight excluding hydrogens is 707 g/mol. The highest BCUT2D eigenvalue weighted by Gasteiger charge is 2.39. The summed E-state index contributed by atoms with van der Waals surface area (Å²) in [4.78, 5) is 51.2. The predicted molar refractivity (Wildman–Crippen MR) is 183 cm³/mol. The van der Waals surface area contributed by atoms with Crippen molar-refractivity contribution in [1.29, 1.82) is 0 Å². The van der Waals surface area contributed by atoms with E-state index in [2.05, 4.69) is 25.7 Å². The number of piperazine rings is 1. The molecule has 18 heteroatoms. The van der Waals surface area contributed by atoms with Crippen molar-refractivity contribution in [3.8, 4) is 22.8 Å². The second kappa shape index (κ2) is 15.7. The van der Waals surface area contributed by atoms with Crippen LogP contribution in [-0.2, 0) is 22.8 Å². The van der Waals surface area contributed by atoms with Crippen LogP contribution >= 0.6 is 11.6 Å². The minimum atomic E-state index is -4.83. The zero-order valence-electron chi connectivity index (χ0n) is 28.5. The van der Waals surface area contributed by atoms with Gasteiger partial charge in [0, 0.05) is 58.1 Å². The number of carbonyl (C=O) groups excluding carboxylic acids is 3. The third kappa shape index (κ3) is 8.05. The number of benzene rings is 1. The van der Waals surface area contributed by atoms with Crippen LogP contribution in [0.3, 0.4) is 0 Å². The number of nitrogens with zero attached hydrogens (tertiary/aromatic N) is 7. The van der Waals surface area contributed by atoms with Crippen LogP contribution in [0, 0.1) is 5.92 Å². The number of rotatable bonds is 10.